The number of piperidine rings is 1. The Morgan fingerprint density at radius 1 is 1.10 bits per heavy atom. The molecule has 2 aliphatic heterocycles. The zero-order chi connectivity index (χ0) is 22.2. The van der Waals surface area contributed by atoms with E-state index in [1.165, 1.54) is 28.6 Å². The Morgan fingerprint density at radius 2 is 1.77 bits per heavy atom. The number of hydrogen-bond acceptors (Lipinski definition) is 6. The standard InChI is InChI=1S/C21H23N3O5S2/c1-16-3-2-4-17(15-16)20(25)23-13-14-30-21(23)9-11-22(12-10-21)31(28,29)19-7-5-18(6-8-19)24(26)27/h2-8,15H,9-14H2,1H3. The third-order valence-electron chi connectivity index (χ3n) is 5.88. The summed E-state index contributed by atoms with van der Waals surface area (Å²) >= 11 is 1.72. The Balaban J connectivity index is 1.50. The maximum atomic E-state index is 13.2. The number of hydrogen-bond donors (Lipinski definition) is 0. The van der Waals surface area contributed by atoms with Gasteiger partial charge in [0.15, 0.2) is 0 Å². The lowest BCUT2D eigenvalue weighted by Crippen LogP contribution is -2.53. The number of nitrogens with zero attached hydrogens (tertiary/aromatic N) is 3. The Bertz CT molecular complexity index is 1110. The number of benzene rings is 2. The third-order valence-corrected chi connectivity index (χ3v) is 9.34. The fourth-order valence-electron chi connectivity index (χ4n) is 4.21. The number of carbonyl (C=O) groups is 1. The van der Waals surface area contributed by atoms with Crippen LogP contribution in [0.25, 0.3) is 0 Å². The molecular formula is C21H23N3O5S2. The SMILES string of the molecule is Cc1cccc(C(=O)N2CCSC23CCN(S(=O)(=O)c2ccc([N+](=O)[O-])cc2)CC3)c1. The van der Waals surface area contributed by atoms with Crippen molar-refractivity contribution in [3.05, 3.63) is 69.8 Å². The maximum Gasteiger partial charge on any atom is 0.269 e. The van der Waals surface area contributed by atoms with Crippen LogP contribution in [-0.4, -0.2) is 58.7 Å². The molecule has 1 spiro atoms. The molecule has 0 N–H and O–H groups in total. The third kappa shape index (κ3) is 4.07. The van der Waals surface area contributed by atoms with E-state index in [9.17, 15) is 23.3 Å². The van der Waals surface area contributed by atoms with Crippen LogP contribution in [0, 0.1) is 17.0 Å². The molecule has 0 unspecified atom stereocenters. The van der Waals surface area contributed by atoms with Gasteiger partial charge >= 0.3 is 0 Å². The largest absolute Gasteiger partial charge is 0.323 e. The fraction of sp³-hybridized carbons (Fsp3) is 0.381. The highest BCUT2D eigenvalue weighted by Crippen LogP contribution is 2.45. The Hall–Kier alpha value is -2.43. The number of rotatable bonds is 4. The molecule has 164 valence electrons. The van der Waals surface area contributed by atoms with Gasteiger partial charge in [-0.2, -0.15) is 4.31 Å². The average Bonchev–Trinajstić information content (AvgIpc) is 3.16. The summed E-state index contributed by atoms with van der Waals surface area (Å²) in [7, 11) is -3.75. The molecule has 2 heterocycles. The van der Waals surface area contributed by atoms with Crippen molar-refractivity contribution < 1.29 is 18.1 Å². The Kier molecular flexibility index (Phi) is 5.80. The van der Waals surface area contributed by atoms with Crippen molar-refractivity contribution in [3.8, 4) is 0 Å². The summed E-state index contributed by atoms with van der Waals surface area (Å²) in [5.41, 5.74) is 1.53. The van der Waals surface area contributed by atoms with Crippen molar-refractivity contribution >= 4 is 33.4 Å². The first-order valence-corrected chi connectivity index (χ1v) is 12.4. The molecule has 0 radical (unpaired) electrons. The molecule has 8 nitrogen and oxygen atoms in total. The van der Waals surface area contributed by atoms with E-state index in [2.05, 4.69) is 0 Å². The molecule has 0 atom stereocenters. The van der Waals surface area contributed by atoms with E-state index < -0.39 is 19.8 Å². The minimum Gasteiger partial charge on any atom is -0.323 e. The van der Waals surface area contributed by atoms with Crippen molar-refractivity contribution in [3.63, 3.8) is 0 Å². The molecule has 0 saturated carbocycles. The molecule has 2 aromatic rings. The van der Waals surface area contributed by atoms with Crippen molar-refractivity contribution in [1.82, 2.24) is 9.21 Å². The number of thioether (sulfide) groups is 1. The lowest BCUT2D eigenvalue weighted by Gasteiger charge is -2.43. The summed E-state index contributed by atoms with van der Waals surface area (Å²) in [6.45, 7) is 3.19. The number of sulfonamides is 1. The highest BCUT2D eigenvalue weighted by Gasteiger charge is 2.48. The van der Waals surface area contributed by atoms with Crippen LogP contribution < -0.4 is 0 Å². The molecule has 2 aliphatic rings. The van der Waals surface area contributed by atoms with Crippen LogP contribution in [0.2, 0.25) is 0 Å². The molecule has 2 saturated heterocycles. The van der Waals surface area contributed by atoms with Crippen molar-refractivity contribution in [1.29, 1.82) is 0 Å². The summed E-state index contributed by atoms with van der Waals surface area (Å²) in [6.07, 6.45) is 1.09. The molecule has 2 aromatic carbocycles. The molecule has 0 aliphatic carbocycles. The van der Waals surface area contributed by atoms with Gasteiger partial charge in [-0.05, 0) is 44.0 Å². The van der Waals surface area contributed by atoms with Gasteiger partial charge in [-0.15, -0.1) is 11.8 Å². The Labute approximate surface area is 185 Å². The molecule has 4 rings (SSSR count). The van der Waals surface area contributed by atoms with Gasteiger partial charge in [-0.3, -0.25) is 14.9 Å². The van der Waals surface area contributed by atoms with Crippen LogP contribution in [-0.2, 0) is 10.0 Å². The lowest BCUT2D eigenvalue weighted by molar-refractivity contribution is -0.384. The summed E-state index contributed by atoms with van der Waals surface area (Å²) in [5, 5.41) is 10.8. The number of aryl methyl sites for hydroxylation is 1. The van der Waals surface area contributed by atoms with E-state index in [-0.39, 0.29) is 16.5 Å². The van der Waals surface area contributed by atoms with Gasteiger partial charge in [-0.1, -0.05) is 17.7 Å². The quantitative estimate of drug-likeness (QED) is 0.512. The summed E-state index contributed by atoms with van der Waals surface area (Å²) < 4.78 is 27.4. The Morgan fingerprint density at radius 3 is 2.39 bits per heavy atom. The number of amides is 1. The van der Waals surface area contributed by atoms with Gasteiger partial charge in [0, 0.05) is 43.1 Å². The van der Waals surface area contributed by atoms with Crippen LogP contribution in [0.1, 0.15) is 28.8 Å². The van der Waals surface area contributed by atoms with E-state index in [0.717, 1.165) is 11.3 Å². The second kappa shape index (κ2) is 8.25. The second-order valence-electron chi connectivity index (χ2n) is 7.78. The zero-order valence-corrected chi connectivity index (χ0v) is 18.7. The lowest BCUT2D eigenvalue weighted by atomic mass is 10.0. The summed E-state index contributed by atoms with van der Waals surface area (Å²) in [4.78, 5) is 25.0. The van der Waals surface area contributed by atoms with Gasteiger partial charge in [0.1, 0.15) is 0 Å². The average molecular weight is 462 g/mol. The molecule has 0 aromatic heterocycles. The molecule has 2 fully saturated rings. The van der Waals surface area contributed by atoms with Crippen LogP contribution >= 0.6 is 11.8 Å². The second-order valence-corrected chi connectivity index (χ2v) is 11.2. The van der Waals surface area contributed by atoms with Crippen molar-refractivity contribution in [2.45, 2.75) is 29.5 Å². The van der Waals surface area contributed by atoms with Crippen LogP contribution in [0.5, 0.6) is 0 Å². The first-order valence-electron chi connectivity index (χ1n) is 10.0. The monoisotopic (exact) mass is 461 g/mol. The molecule has 10 heteroatoms. The summed E-state index contributed by atoms with van der Waals surface area (Å²) in [6, 6.07) is 12.5. The molecule has 0 bridgehead atoms. The van der Waals surface area contributed by atoms with Gasteiger partial charge in [-0.25, -0.2) is 8.42 Å². The topological polar surface area (TPSA) is 101 Å². The minimum atomic E-state index is -3.75. The zero-order valence-electron chi connectivity index (χ0n) is 17.1. The molecular weight excluding hydrogens is 438 g/mol. The highest BCUT2D eigenvalue weighted by molar-refractivity contribution is 8.00. The maximum absolute atomic E-state index is 13.2. The first-order chi connectivity index (χ1) is 14.7. The molecule has 1 amide bonds. The van der Waals surface area contributed by atoms with Gasteiger partial charge in [0.05, 0.1) is 14.7 Å². The fourth-order valence-corrected chi connectivity index (χ4v) is 7.10. The smallest absolute Gasteiger partial charge is 0.269 e. The van der Waals surface area contributed by atoms with E-state index in [1.54, 1.807) is 11.8 Å². The van der Waals surface area contributed by atoms with Gasteiger partial charge < -0.3 is 4.90 Å². The highest BCUT2D eigenvalue weighted by atomic mass is 32.2. The first kappa shape index (κ1) is 21.8. The number of non-ortho nitro benzene ring substituents is 1. The number of nitro groups is 1. The van der Waals surface area contributed by atoms with Gasteiger partial charge in [0.25, 0.3) is 11.6 Å². The minimum absolute atomic E-state index is 0.0135. The van der Waals surface area contributed by atoms with Crippen molar-refractivity contribution in [2.75, 3.05) is 25.4 Å². The van der Waals surface area contributed by atoms with Gasteiger partial charge in [0.2, 0.25) is 10.0 Å². The van der Waals surface area contributed by atoms with E-state index in [4.69, 9.17) is 0 Å². The van der Waals surface area contributed by atoms with E-state index in [1.807, 2.05) is 36.1 Å². The predicted octanol–water partition coefficient (Wildman–Crippen LogP) is 3.27. The number of nitro benzene ring substituents is 1. The van der Waals surface area contributed by atoms with E-state index >= 15 is 0 Å². The van der Waals surface area contributed by atoms with Crippen LogP contribution in [0.3, 0.4) is 0 Å². The number of carbonyl (C=O) groups excluding carboxylic acids is 1. The van der Waals surface area contributed by atoms with Crippen molar-refractivity contribution in [2.24, 2.45) is 0 Å². The van der Waals surface area contributed by atoms with Crippen LogP contribution in [0.4, 0.5) is 5.69 Å². The van der Waals surface area contributed by atoms with E-state index in [0.29, 0.717) is 38.0 Å². The summed E-state index contributed by atoms with van der Waals surface area (Å²) in [5.74, 6) is 0.813. The molecule has 31 heavy (non-hydrogen) atoms. The predicted molar refractivity (Wildman–Crippen MR) is 118 cm³/mol. The normalized spacial score (nSPS) is 18.9. The van der Waals surface area contributed by atoms with Crippen LogP contribution in [0.15, 0.2) is 53.4 Å².